The first kappa shape index (κ1) is 10.5. The average molecular weight is 241 g/mol. The van der Waals surface area contributed by atoms with Crippen molar-refractivity contribution >= 4 is 34.3 Å². The first-order valence-corrected chi connectivity index (χ1v) is 5.79. The number of thioether (sulfide) groups is 1. The summed E-state index contributed by atoms with van der Waals surface area (Å²) in [6, 6.07) is 5.77. The summed E-state index contributed by atoms with van der Waals surface area (Å²) in [5.41, 5.74) is 5.27. The van der Waals surface area contributed by atoms with Gasteiger partial charge in [0.15, 0.2) is 0 Å². The largest absolute Gasteiger partial charge is 0.299 e. The van der Waals surface area contributed by atoms with Crippen LogP contribution in [-0.4, -0.2) is 16.7 Å². The molecule has 2 rings (SSSR count). The van der Waals surface area contributed by atoms with Crippen LogP contribution in [-0.2, 0) is 0 Å². The van der Waals surface area contributed by atoms with Crippen LogP contribution in [0, 0.1) is 6.92 Å². The van der Waals surface area contributed by atoms with Crippen LogP contribution in [0.5, 0.6) is 0 Å². The molecule has 0 radical (unpaired) electrons. The van der Waals surface area contributed by atoms with E-state index in [4.69, 9.17) is 11.6 Å². The van der Waals surface area contributed by atoms with Gasteiger partial charge in [0.25, 0.3) is 5.24 Å². The summed E-state index contributed by atoms with van der Waals surface area (Å²) in [6.45, 7) is 1.95. The molecular weight excluding hydrogens is 232 g/mol. The fraction of sp³-hybridized carbons (Fsp3) is 0.200. The predicted molar refractivity (Wildman–Crippen MR) is 63.7 cm³/mol. The van der Waals surface area contributed by atoms with Crippen LogP contribution in [0.1, 0.15) is 11.1 Å². The second kappa shape index (κ2) is 4.24. The molecule has 0 atom stereocenters. The van der Waals surface area contributed by atoms with Crippen molar-refractivity contribution < 1.29 is 4.79 Å². The Morgan fingerprint density at radius 1 is 1.53 bits per heavy atom. The normalized spacial score (nSPS) is 15.9. The summed E-state index contributed by atoms with van der Waals surface area (Å²) in [5, 5.41) is 4.59. The quantitative estimate of drug-likeness (QED) is 0.820. The molecule has 0 unspecified atom stereocenters. The minimum atomic E-state index is -0.114. The predicted octanol–water partition coefficient (Wildman–Crippen LogP) is 2.81. The van der Waals surface area contributed by atoms with E-state index in [1.807, 2.05) is 25.1 Å². The lowest BCUT2D eigenvalue weighted by atomic mass is 10.1. The zero-order chi connectivity index (χ0) is 10.8. The molecule has 1 heterocycles. The number of carbonyl (C=O) groups excluding carboxylic acids is 1. The van der Waals surface area contributed by atoms with Crippen LogP contribution in [0.25, 0.3) is 0 Å². The molecule has 1 aromatic rings. The fourth-order valence-corrected chi connectivity index (χ4v) is 2.02. The molecule has 1 aliphatic heterocycles. The number of nitrogens with zero attached hydrogens (tertiary/aromatic N) is 1. The van der Waals surface area contributed by atoms with Crippen molar-refractivity contribution in [2.24, 2.45) is 5.10 Å². The molecule has 3 nitrogen and oxygen atoms in total. The number of amides is 1. The van der Waals surface area contributed by atoms with Crippen molar-refractivity contribution in [2.75, 3.05) is 5.75 Å². The van der Waals surface area contributed by atoms with Crippen LogP contribution < -0.4 is 5.43 Å². The number of halogens is 1. The second-order valence-corrected chi connectivity index (χ2v) is 4.57. The number of carbonyl (C=O) groups is 1. The van der Waals surface area contributed by atoms with Crippen molar-refractivity contribution in [2.45, 2.75) is 6.92 Å². The Balaban J connectivity index is 2.30. The first-order chi connectivity index (χ1) is 7.16. The van der Waals surface area contributed by atoms with Gasteiger partial charge in [-0.15, -0.1) is 0 Å². The van der Waals surface area contributed by atoms with Crippen LogP contribution in [0.15, 0.2) is 23.3 Å². The zero-order valence-electron chi connectivity index (χ0n) is 8.08. The van der Waals surface area contributed by atoms with Gasteiger partial charge < -0.3 is 0 Å². The highest BCUT2D eigenvalue weighted by atomic mass is 35.5. The third kappa shape index (κ3) is 2.33. The van der Waals surface area contributed by atoms with E-state index >= 15 is 0 Å². The molecule has 0 saturated carbocycles. The van der Waals surface area contributed by atoms with E-state index in [0.29, 0.717) is 5.75 Å². The number of nitrogens with one attached hydrogen (secondary N) is 1. The van der Waals surface area contributed by atoms with Gasteiger partial charge in [0.05, 0.1) is 5.71 Å². The van der Waals surface area contributed by atoms with Gasteiger partial charge in [-0.1, -0.05) is 35.5 Å². The van der Waals surface area contributed by atoms with Crippen LogP contribution in [0.3, 0.4) is 0 Å². The number of hydrazone groups is 1. The minimum Gasteiger partial charge on any atom is -0.260 e. The Labute approximate surface area is 96.9 Å². The van der Waals surface area contributed by atoms with Gasteiger partial charge in [0.1, 0.15) is 0 Å². The summed E-state index contributed by atoms with van der Waals surface area (Å²) in [7, 11) is 0. The van der Waals surface area contributed by atoms with Crippen molar-refractivity contribution in [1.82, 2.24) is 5.43 Å². The smallest absolute Gasteiger partial charge is 0.260 e. The maximum absolute atomic E-state index is 10.9. The van der Waals surface area contributed by atoms with E-state index < -0.39 is 0 Å². The summed E-state index contributed by atoms with van der Waals surface area (Å²) in [5.74, 6) is 0.589. The zero-order valence-corrected chi connectivity index (χ0v) is 9.65. The van der Waals surface area contributed by atoms with Gasteiger partial charge in [-0.25, -0.2) is 5.43 Å². The highest BCUT2D eigenvalue weighted by Crippen LogP contribution is 2.19. The molecule has 78 valence electrons. The van der Waals surface area contributed by atoms with E-state index in [-0.39, 0.29) is 5.24 Å². The molecule has 1 amide bonds. The molecule has 15 heavy (non-hydrogen) atoms. The number of rotatable bonds is 1. The highest BCUT2D eigenvalue weighted by molar-refractivity contribution is 8.14. The van der Waals surface area contributed by atoms with E-state index in [2.05, 4.69) is 10.5 Å². The Morgan fingerprint density at radius 2 is 2.33 bits per heavy atom. The van der Waals surface area contributed by atoms with Crippen LogP contribution in [0.4, 0.5) is 4.79 Å². The molecule has 1 aromatic carbocycles. The molecule has 0 aromatic heterocycles. The van der Waals surface area contributed by atoms with E-state index in [1.54, 1.807) is 0 Å². The summed E-state index contributed by atoms with van der Waals surface area (Å²) in [4.78, 5) is 10.9. The van der Waals surface area contributed by atoms with Gasteiger partial charge in [-0.3, -0.25) is 4.79 Å². The monoisotopic (exact) mass is 240 g/mol. The lowest BCUT2D eigenvalue weighted by molar-refractivity contribution is 0.261. The van der Waals surface area contributed by atoms with Crippen molar-refractivity contribution in [3.8, 4) is 0 Å². The van der Waals surface area contributed by atoms with Gasteiger partial charge >= 0.3 is 0 Å². The number of hydrogen-bond donors (Lipinski definition) is 1. The molecule has 0 fully saturated rings. The van der Waals surface area contributed by atoms with E-state index in [9.17, 15) is 4.79 Å². The maximum Gasteiger partial charge on any atom is 0.299 e. The second-order valence-electron chi connectivity index (χ2n) is 3.21. The van der Waals surface area contributed by atoms with Crippen molar-refractivity contribution in [3.05, 3.63) is 34.3 Å². The third-order valence-electron chi connectivity index (χ3n) is 2.13. The molecule has 1 N–H and O–H groups in total. The maximum atomic E-state index is 10.9. The van der Waals surface area contributed by atoms with Gasteiger partial charge in [0.2, 0.25) is 0 Å². The molecule has 0 saturated heterocycles. The first-order valence-electron chi connectivity index (χ1n) is 4.42. The SMILES string of the molecule is Cc1ccc(C2=NNC(=O)SC2)cc1Cl. The number of benzene rings is 1. The Bertz CT molecular complexity index is 445. The molecule has 0 aliphatic carbocycles. The fourth-order valence-electron chi connectivity index (χ4n) is 1.23. The standard InChI is InChI=1S/C10H9ClN2OS/c1-6-2-3-7(4-8(6)11)9-5-15-10(14)13-12-9/h2-4H,5H2,1H3,(H,13,14). The topological polar surface area (TPSA) is 41.5 Å². The number of hydrogen-bond acceptors (Lipinski definition) is 3. The lowest BCUT2D eigenvalue weighted by Gasteiger charge is -2.12. The van der Waals surface area contributed by atoms with Gasteiger partial charge in [-0.05, 0) is 18.6 Å². The van der Waals surface area contributed by atoms with E-state index in [0.717, 1.165) is 21.9 Å². The third-order valence-corrected chi connectivity index (χ3v) is 3.31. The van der Waals surface area contributed by atoms with Crippen LogP contribution in [0.2, 0.25) is 5.02 Å². The Kier molecular flexibility index (Phi) is 2.98. The van der Waals surface area contributed by atoms with Gasteiger partial charge in [0, 0.05) is 16.3 Å². The number of aryl methyl sites for hydroxylation is 1. The highest BCUT2D eigenvalue weighted by Gasteiger charge is 2.14. The van der Waals surface area contributed by atoms with Crippen molar-refractivity contribution in [1.29, 1.82) is 0 Å². The summed E-state index contributed by atoms with van der Waals surface area (Å²) >= 11 is 7.22. The van der Waals surface area contributed by atoms with E-state index in [1.165, 1.54) is 11.8 Å². The Morgan fingerprint density at radius 3 is 2.93 bits per heavy atom. The summed E-state index contributed by atoms with van der Waals surface area (Å²) < 4.78 is 0. The molecule has 0 spiro atoms. The molecule has 5 heteroatoms. The van der Waals surface area contributed by atoms with Crippen LogP contribution >= 0.6 is 23.4 Å². The minimum absolute atomic E-state index is 0.114. The molecular formula is C10H9ClN2OS. The Hall–Kier alpha value is -1.00. The van der Waals surface area contributed by atoms with Crippen molar-refractivity contribution in [3.63, 3.8) is 0 Å². The lowest BCUT2D eigenvalue weighted by Crippen LogP contribution is -2.23. The molecule has 0 bridgehead atoms. The van der Waals surface area contributed by atoms with Gasteiger partial charge in [-0.2, -0.15) is 5.10 Å². The molecule has 1 aliphatic rings. The summed E-state index contributed by atoms with van der Waals surface area (Å²) in [6.07, 6.45) is 0. The average Bonchev–Trinajstić information content (AvgIpc) is 2.23.